The van der Waals surface area contributed by atoms with E-state index in [1.165, 1.54) is 0 Å². The molecule has 0 atom stereocenters. The number of nitrogens with one attached hydrogen (secondary N) is 1. The Morgan fingerprint density at radius 2 is 2.13 bits per heavy atom. The van der Waals surface area contributed by atoms with E-state index in [-0.39, 0.29) is 5.91 Å². The van der Waals surface area contributed by atoms with Gasteiger partial charge in [-0.05, 0) is 13.0 Å². The van der Waals surface area contributed by atoms with Crippen LogP contribution in [0.4, 0.5) is 0 Å². The molecule has 0 heterocycles. The second-order valence-electron chi connectivity index (χ2n) is 4.15. The van der Waals surface area contributed by atoms with Gasteiger partial charge in [0, 0.05) is 19.5 Å². The van der Waals surface area contributed by atoms with Gasteiger partial charge in [-0.3, -0.25) is 9.69 Å². The highest BCUT2D eigenvalue weighted by atomic mass is 32.1. The number of nitrogens with two attached hydrogens (primary N) is 1. The van der Waals surface area contributed by atoms with Crippen molar-refractivity contribution < 1.29 is 4.79 Å². The van der Waals surface area contributed by atoms with E-state index in [0.717, 1.165) is 13.1 Å². The normalized spacial score (nSPS) is 10.7. The van der Waals surface area contributed by atoms with Crippen molar-refractivity contribution in [2.45, 2.75) is 20.3 Å². The molecular weight excluding hydrogens is 210 g/mol. The van der Waals surface area contributed by atoms with Gasteiger partial charge in [-0.2, -0.15) is 0 Å². The Morgan fingerprint density at radius 3 is 2.60 bits per heavy atom. The third-order valence-electron chi connectivity index (χ3n) is 1.86. The van der Waals surface area contributed by atoms with Gasteiger partial charge in [-0.15, -0.1) is 0 Å². The number of carbonyl (C=O) groups is 1. The van der Waals surface area contributed by atoms with Crippen LogP contribution in [0.3, 0.4) is 0 Å². The Hall–Kier alpha value is -0.680. The third-order valence-corrected chi connectivity index (χ3v) is 2.07. The highest BCUT2D eigenvalue weighted by molar-refractivity contribution is 7.80. The van der Waals surface area contributed by atoms with Crippen LogP contribution < -0.4 is 11.1 Å². The molecule has 4 nitrogen and oxygen atoms in total. The summed E-state index contributed by atoms with van der Waals surface area (Å²) in [4.78, 5) is 13.8. The van der Waals surface area contributed by atoms with Gasteiger partial charge in [0.1, 0.15) is 0 Å². The minimum atomic E-state index is 0.0501. The average Bonchev–Trinajstić information content (AvgIpc) is 2.11. The molecule has 0 fully saturated rings. The monoisotopic (exact) mass is 231 g/mol. The molecule has 0 aliphatic rings. The third kappa shape index (κ3) is 9.62. The number of thiocarbonyl (C=S) groups is 1. The van der Waals surface area contributed by atoms with Crippen molar-refractivity contribution in [2.24, 2.45) is 11.7 Å². The van der Waals surface area contributed by atoms with Gasteiger partial charge >= 0.3 is 0 Å². The number of hydrogen-bond donors (Lipinski definition) is 2. The first-order valence-electron chi connectivity index (χ1n) is 5.15. The van der Waals surface area contributed by atoms with Crippen LogP contribution in [0.25, 0.3) is 0 Å². The Bertz CT molecular complexity index is 219. The van der Waals surface area contributed by atoms with E-state index < -0.39 is 0 Å². The molecule has 15 heavy (non-hydrogen) atoms. The summed E-state index contributed by atoms with van der Waals surface area (Å²) in [5, 5.41) is 2.86. The van der Waals surface area contributed by atoms with E-state index in [1.807, 2.05) is 11.9 Å². The predicted octanol–water partition coefficient (Wildman–Crippen LogP) is 0.367. The lowest BCUT2D eigenvalue weighted by Gasteiger charge is -2.16. The van der Waals surface area contributed by atoms with Crippen molar-refractivity contribution in [3.8, 4) is 0 Å². The van der Waals surface area contributed by atoms with E-state index in [1.54, 1.807) is 0 Å². The number of amides is 1. The summed E-state index contributed by atoms with van der Waals surface area (Å²) in [7, 11) is 1.88. The number of hydrogen-bond acceptors (Lipinski definition) is 3. The molecule has 0 aliphatic heterocycles. The van der Waals surface area contributed by atoms with E-state index in [9.17, 15) is 4.79 Å². The van der Waals surface area contributed by atoms with E-state index in [2.05, 4.69) is 19.2 Å². The highest BCUT2D eigenvalue weighted by Gasteiger charge is 2.06. The zero-order valence-electron chi connectivity index (χ0n) is 9.75. The topological polar surface area (TPSA) is 58.4 Å². The minimum absolute atomic E-state index is 0.0501. The molecule has 0 aromatic carbocycles. The maximum Gasteiger partial charge on any atom is 0.234 e. The molecule has 0 aliphatic carbocycles. The molecule has 0 aromatic heterocycles. The molecular formula is C10H21N3OS. The Morgan fingerprint density at radius 1 is 1.53 bits per heavy atom. The van der Waals surface area contributed by atoms with Crippen LogP contribution in [0.2, 0.25) is 0 Å². The van der Waals surface area contributed by atoms with Crippen molar-refractivity contribution >= 4 is 23.1 Å². The summed E-state index contributed by atoms with van der Waals surface area (Å²) in [6.07, 6.45) is 0.656. The Labute approximate surface area is 97.2 Å². The van der Waals surface area contributed by atoms with Crippen LogP contribution in [-0.2, 0) is 4.79 Å². The van der Waals surface area contributed by atoms with Crippen LogP contribution in [-0.4, -0.2) is 42.5 Å². The SMILES string of the molecule is CC(C)CNC(=O)CN(C)CCC(N)=S. The molecule has 3 N–H and O–H groups in total. The molecule has 0 saturated heterocycles. The molecule has 5 heteroatoms. The Balaban J connectivity index is 3.62. The lowest BCUT2D eigenvalue weighted by Crippen LogP contribution is -2.37. The fraction of sp³-hybridized carbons (Fsp3) is 0.800. The number of carbonyl (C=O) groups excluding carboxylic acids is 1. The van der Waals surface area contributed by atoms with Gasteiger partial charge in [0.25, 0.3) is 0 Å². The smallest absolute Gasteiger partial charge is 0.234 e. The van der Waals surface area contributed by atoms with Crippen molar-refractivity contribution in [3.63, 3.8) is 0 Å². The minimum Gasteiger partial charge on any atom is -0.393 e. The molecule has 0 rings (SSSR count). The summed E-state index contributed by atoms with van der Waals surface area (Å²) >= 11 is 4.76. The van der Waals surface area contributed by atoms with E-state index in [4.69, 9.17) is 18.0 Å². The fourth-order valence-corrected chi connectivity index (χ4v) is 1.09. The van der Waals surface area contributed by atoms with Crippen LogP contribution >= 0.6 is 12.2 Å². The molecule has 0 bridgehead atoms. The summed E-state index contributed by atoms with van der Waals surface area (Å²) in [6, 6.07) is 0. The number of nitrogens with zero attached hydrogens (tertiary/aromatic N) is 1. The van der Waals surface area contributed by atoms with Gasteiger partial charge in [-0.25, -0.2) is 0 Å². The fourth-order valence-electron chi connectivity index (χ4n) is 0.999. The zero-order chi connectivity index (χ0) is 11.8. The summed E-state index contributed by atoms with van der Waals surface area (Å²) in [5.41, 5.74) is 5.37. The average molecular weight is 231 g/mol. The second kappa shape index (κ2) is 7.59. The van der Waals surface area contributed by atoms with Gasteiger partial charge in [0.05, 0.1) is 11.5 Å². The maximum atomic E-state index is 11.4. The summed E-state index contributed by atoms with van der Waals surface area (Å²) in [5.74, 6) is 0.532. The van der Waals surface area contributed by atoms with Crippen LogP contribution in [0.5, 0.6) is 0 Å². The van der Waals surface area contributed by atoms with Crippen LogP contribution in [0.1, 0.15) is 20.3 Å². The molecule has 0 unspecified atom stereocenters. The lowest BCUT2D eigenvalue weighted by atomic mass is 10.2. The van der Waals surface area contributed by atoms with Crippen molar-refractivity contribution in [3.05, 3.63) is 0 Å². The first kappa shape index (κ1) is 14.3. The largest absolute Gasteiger partial charge is 0.393 e. The summed E-state index contributed by atoms with van der Waals surface area (Å²) < 4.78 is 0. The molecule has 0 radical (unpaired) electrons. The first-order chi connectivity index (χ1) is 6.91. The quantitative estimate of drug-likeness (QED) is 0.621. The Kier molecular flexibility index (Phi) is 7.25. The molecule has 1 amide bonds. The maximum absolute atomic E-state index is 11.4. The predicted molar refractivity (Wildman–Crippen MR) is 66.7 cm³/mol. The van der Waals surface area contributed by atoms with Crippen LogP contribution in [0, 0.1) is 5.92 Å². The number of likely N-dealkylation sites (N-methyl/N-ethyl adjacent to an activating group) is 1. The van der Waals surface area contributed by atoms with E-state index >= 15 is 0 Å². The standard InChI is InChI=1S/C10H21N3OS/c1-8(2)6-12-10(14)7-13(3)5-4-9(11)15/h8H,4-7H2,1-3H3,(H2,11,15)(H,12,14). The summed E-state index contributed by atoms with van der Waals surface area (Å²) in [6.45, 7) is 5.98. The first-order valence-corrected chi connectivity index (χ1v) is 5.56. The zero-order valence-corrected chi connectivity index (χ0v) is 10.6. The van der Waals surface area contributed by atoms with E-state index in [0.29, 0.717) is 23.9 Å². The number of rotatable bonds is 7. The van der Waals surface area contributed by atoms with Gasteiger partial charge in [0.2, 0.25) is 5.91 Å². The van der Waals surface area contributed by atoms with Crippen LogP contribution in [0.15, 0.2) is 0 Å². The lowest BCUT2D eigenvalue weighted by molar-refractivity contribution is -0.122. The van der Waals surface area contributed by atoms with Gasteiger partial charge in [0.15, 0.2) is 0 Å². The molecule has 0 spiro atoms. The van der Waals surface area contributed by atoms with Gasteiger partial charge in [-0.1, -0.05) is 26.1 Å². The van der Waals surface area contributed by atoms with Crippen molar-refractivity contribution in [1.82, 2.24) is 10.2 Å². The second-order valence-corrected chi connectivity index (χ2v) is 4.68. The van der Waals surface area contributed by atoms with Crippen molar-refractivity contribution in [2.75, 3.05) is 26.7 Å². The highest BCUT2D eigenvalue weighted by Crippen LogP contribution is 1.90. The van der Waals surface area contributed by atoms with Gasteiger partial charge < -0.3 is 11.1 Å². The molecule has 88 valence electrons. The van der Waals surface area contributed by atoms with Crippen molar-refractivity contribution in [1.29, 1.82) is 0 Å². The molecule has 0 aromatic rings. The molecule has 0 saturated carbocycles.